The van der Waals surface area contributed by atoms with Gasteiger partial charge in [0.05, 0.1) is 11.1 Å². The third kappa shape index (κ3) is 3.68. The lowest BCUT2D eigenvalue weighted by atomic mass is 9.93. The number of pyridine rings is 1. The van der Waals surface area contributed by atoms with Crippen molar-refractivity contribution in [3.63, 3.8) is 0 Å². The summed E-state index contributed by atoms with van der Waals surface area (Å²) in [4.78, 5) is 34.9. The van der Waals surface area contributed by atoms with Crippen LogP contribution in [0.3, 0.4) is 0 Å². The molecule has 0 saturated heterocycles. The number of fused-ring (bicyclic) bond motifs is 2. The van der Waals surface area contributed by atoms with Crippen LogP contribution in [0.5, 0.6) is 0 Å². The van der Waals surface area contributed by atoms with Crippen molar-refractivity contribution in [2.45, 2.75) is 26.7 Å². The molecule has 0 radical (unpaired) electrons. The zero-order valence-corrected chi connectivity index (χ0v) is 18.5. The normalized spacial score (nSPS) is 19.8. The maximum Gasteiger partial charge on any atom is 0.259 e. The van der Waals surface area contributed by atoms with E-state index in [4.69, 9.17) is 0 Å². The molecule has 2 aliphatic rings. The molecule has 2 amide bonds. The van der Waals surface area contributed by atoms with E-state index in [1.54, 1.807) is 18.5 Å². The average Bonchev–Trinajstić information content (AvgIpc) is 2.82. The maximum absolute atomic E-state index is 13.5. The zero-order chi connectivity index (χ0) is 22.2. The van der Waals surface area contributed by atoms with Gasteiger partial charge >= 0.3 is 0 Å². The molecule has 2 aromatic carbocycles. The number of para-hydroxylation sites is 2. The van der Waals surface area contributed by atoms with Crippen molar-refractivity contribution in [3.05, 3.63) is 89.2 Å². The van der Waals surface area contributed by atoms with Crippen LogP contribution in [0, 0.1) is 11.8 Å². The molecule has 162 valence electrons. The Balaban J connectivity index is 1.46. The number of benzene rings is 2. The van der Waals surface area contributed by atoms with Crippen LogP contribution in [0.1, 0.15) is 45.7 Å². The van der Waals surface area contributed by atoms with Crippen LogP contribution < -0.4 is 9.80 Å². The van der Waals surface area contributed by atoms with Crippen LogP contribution in [0.4, 0.5) is 11.4 Å². The Labute approximate surface area is 188 Å². The van der Waals surface area contributed by atoms with Gasteiger partial charge < -0.3 is 9.80 Å². The highest BCUT2D eigenvalue weighted by molar-refractivity contribution is 6.10. The molecule has 0 spiro atoms. The minimum absolute atomic E-state index is 0.112. The highest BCUT2D eigenvalue weighted by Crippen LogP contribution is 2.32. The lowest BCUT2D eigenvalue weighted by molar-refractivity contribution is 0.0980. The molecule has 2 aliphatic heterocycles. The number of amides is 2. The SMILES string of the molecule is CC1Cc2ccccc2N(C(=O)c2cncc(C(=O)N3CC(C)Cc4ccccc43)c2)C1. The number of carbonyl (C=O) groups is 2. The Morgan fingerprint density at radius 2 is 1.19 bits per heavy atom. The molecule has 0 N–H and O–H groups in total. The highest BCUT2D eigenvalue weighted by Gasteiger charge is 2.30. The fraction of sp³-hybridized carbons (Fsp3) is 0.296. The van der Waals surface area contributed by atoms with E-state index in [9.17, 15) is 9.59 Å². The van der Waals surface area contributed by atoms with Gasteiger partial charge in [-0.05, 0) is 54.0 Å². The third-order valence-corrected chi connectivity index (χ3v) is 6.41. The predicted octanol–water partition coefficient (Wildman–Crippen LogP) is 4.76. The van der Waals surface area contributed by atoms with Crippen molar-refractivity contribution in [2.24, 2.45) is 11.8 Å². The molecule has 0 saturated carbocycles. The molecule has 2 unspecified atom stereocenters. The summed E-state index contributed by atoms with van der Waals surface area (Å²) < 4.78 is 0. The Hall–Kier alpha value is -3.47. The number of rotatable bonds is 2. The number of carbonyl (C=O) groups excluding carboxylic acids is 2. The first-order chi connectivity index (χ1) is 15.5. The smallest absolute Gasteiger partial charge is 0.259 e. The summed E-state index contributed by atoms with van der Waals surface area (Å²) in [5.41, 5.74) is 5.14. The van der Waals surface area contributed by atoms with Crippen molar-refractivity contribution >= 4 is 23.2 Å². The molecule has 5 heteroatoms. The summed E-state index contributed by atoms with van der Waals surface area (Å²) in [7, 11) is 0. The molecule has 0 bridgehead atoms. The van der Waals surface area contributed by atoms with Crippen LogP contribution in [-0.2, 0) is 12.8 Å². The largest absolute Gasteiger partial charge is 0.308 e. The van der Waals surface area contributed by atoms with Gasteiger partial charge in [0.15, 0.2) is 0 Å². The number of anilines is 2. The first-order valence-corrected chi connectivity index (χ1v) is 11.3. The summed E-state index contributed by atoms with van der Waals surface area (Å²) in [6.07, 6.45) is 5.05. The zero-order valence-electron chi connectivity index (χ0n) is 18.5. The van der Waals surface area contributed by atoms with Crippen molar-refractivity contribution in [3.8, 4) is 0 Å². The molecule has 0 aliphatic carbocycles. The van der Waals surface area contributed by atoms with Gasteiger partial charge in [0.1, 0.15) is 0 Å². The molecule has 1 aromatic heterocycles. The van der Waals surface area contributed by atoms with Crippen molar-refractivity contribution in [1.82, 2.24) is 4.98 Å². The van der Waals surface area contributed by atoms with Crippen LogP contribution in [0.25, 0.3) is 0 Å². The molecule has 5 rings (SSSR count). The van der Waals surface area contributed by atoms with E-state index in [1.165, 1.54) is 11.1 Å². The highest BCUT2D eigenvalue weighted by atomic mass is 16.2. The lowest BCUT2D eigenvalue weighted by Crippen LogP contribution is -2.40. The average molecular weight is 426 g/mol. The van der Waals surface area contributed by atoms with Gasteiger partial charge in [-0.15, -0.1) is 0 Å². The summed E-state index contributed by atoms with van der Waals surface area (Å²) in [5.74, 6) is 0.521. The molecule has 0 fully saturated rings. The van der Waals surface area contributed by atoms with E-state index in [0.29, 0.717) is 36.1 Å². The second-order valence-electron chi connectivity index (χ2n) is 9.17. The second-order valence-corrected chi connectivity index (χ2v) is 9.17. The molecule has 5 nitrogen and oxygen atoms in total. The predicted molar refractivity (Wildman–Crippen MR) is 126 cm³/mol. The van der Waals surface area contributed by atoms with Gasteiger partial charge in [-0.2, -0.15) is 0 Å². The monoisotopic (exact) mass is 425 g/mol. The van der Waals surface area contributed by atoms with Gasteiger partial charge in [0.25, 0.3) is 11.8 Å². The third-order valence-electron chi connectivity index (χ3n) is 6.41. The van der Waals surface area contributed by atoms with Crippen LogP contribution in [-0.4, -0.2) is 29.9 Å². The molecule has 32 heavy (non-hydrogen) atoms. The standard InChI is InChI=1S/C27H27N3O2/c1-18-11-20-7-3-5-9-24(20)29(16-18)26(31)22-13-23(15-28-14-22)27(32)30-17-19(2)12-21-8-4-6-10-25(21)30/h3-10,13-15,18-19H,11-12,16-17H2,1-2H3. The summed E-state index contributed by atoms with van der Waals surface area (Å²) >= 11 is 0. The molecule has 3 heterocycles. The van der Waals surface area contributed by atoms with Crippen molar-refractivity contribution < 1.29 is 9.59 Å². The van der Waals surface area contributed by atoms with Gasteiger partial charge in [-0.3, -0.25) is 14.6 Å². The van der Waals surface area contributed by atoms with Crippen LogP contribution in [0.15, 0.2) is 67.0 Å². The number of hydrogen-bond acceptors (Lipinski definition) is 3. The van der Waals surface area contributed by atoms with E-state index in [-0.39, 0.29) is 11.8 Å². The Kier molecular flexibility index (Phi) is 5.25. The summed E-state index contributed by atoms with van der Waals surface area (Å²) in [6.45, 7) is 5.63. The Morgan fingerprint density at radius 3 is 1.66 bits per heavy atom. The number of nitrogens with zero attached hydrogens (tertiary/aromatic N) is 3. The topological polar surface area (TPSA) is 53.5 Å². The van der Waals surface area contributed by atoms with Crippen LogP contribution >= 0.6 is 0 Å². The van der Waals surface area contributed by atoms with E-state index in [1.807, 2.05) is 46.2 Å². The fourth-order valence-electron chi connectivity index (χ4n) is 4.96. The first-order valence-electron chi connectivity index (χ1n) is 11.3. The fourth-order valence-corrected chi connectivity index (χ4v) is 4.96. The molecule has 2 atom stereocenters. The molecular weight excluding hydrogens is 398 g/mol. The number of hydrogen-bond donors (Lipinski definition) is 0. The quantitative estimate of drug-likeness (QED) is 0.595. The van der Waals surface area contributed by atoms with E-state index < -0.39 is 0 Å². The van der Waals surface area contributed by atoms with Crippen molar-refractivity contribution in [2.75, 3.05) is 22.9 Å². The number of aromatic nitrogens is 1. The van der Waals surface area contributed by atoms with E-state index >= 15 is 0 Å². The Morgan fingerprint density at radius 1 is 0.750 bits per heavy atom. The first kappa shape index (κ1) is 20.4. The van der Waals surface area contributed by atoms with Gasteiger partial charge in [-0.25, -0.2) is 0 Å². The van der Waals surface area contributed by atoms with Gasteiger partial charge in [0, 0.05) is 36.9 Å². The van der Waals surface area contributed by atoms with Gasteiger partial charge in [0.2, 0.25) is 0 Å². The van der Waals surface area contributed by atoms with Crippen LogP contribution in [0.2, 0.25) is 0 Å². The van der Waals surface area contributed by atoms with E-state index in [0.717, 1.165) is 24.2 Å². The molecular formula is C27H27N3O2. The summed E-state index contributed by atoms with van der Waals surface area (Å²) in [5, 5.41) is 0. The maximum atomic E-state index is 13.5. The van der Waals surface area contributed by atoms with Crippen molar-refractivity contribution in [1.29, 1.82) is 0 Å². The Bertz CT molecular complexity index is 1100. The minimum atomic E-state index is -0.112. The minimum Gasteiger partial charge on any atom is -0.308 e. The molecule has 3 aromatic rings. The summed E-state index contributed by atoms with van der Waals surface area (Å²) in [6, 6.07) is 17.8. The van der Waals surface area contributed by atoms with Gasteiger partial charge in [-0.1, -0.05) is 50.2 Å². The van der Waals surface area contributed by atoms with E-state index in [2.05, 4.69) is 31.0 Å². The second kappa shape index (κ2) is 8.23. The lowest BCUT2D eigenvalue weighted by Gasteiger charge is -2.34.